The zero-order valence-corrected chi connectivity index (χ0v) is 22.3. The molecular formula is C29H39N6O3+. The van der Waals surface area contributed by atoms with Crippen molar-refractivity contribution in [2.75, 3.05) is 31.6 Å². The highest BCUT2D eigenvalue weighted by molar-refractivity contribution is 6.09. The zero-order valence-electron chi connectivity index (χ0n) is 22.3. The summed E-state index contributed by atoms with van der Waals surface area (Å²) in [5.41, 5.74) is -0.0876. The minimum Gasteiger partial charge on any atom is -0.595 e. The molecule has 0 aromatic carbocycles. The number of carbonyl (C=O) groups is 1. The molecule has 1 aromatic heterocycles. The van der Waals surface area contributed by atoms with Crippen molar-refractivity contribution in [2.24, 2.45) is 11.3 Å². The van der Waals surface area contributed by atoms with Crippen LogP contribution < -0.4 is 9.64 Å². The van der Waals surface area contributed by atoms with E-state index < -0.39 is 5.41 Å². The Kier molecular flexibility index (Phi) is 7.53. The topological polar surface area (TPSA) is 129 Å². The Bertz CT molecular complexity index is 1190. The smallest absolute Gasteiger partial charge is 0.248 e. The second-order valence-electron chi connectivity index (χ2n) is 11.3. The fraction of sp³-hybridized carbons (Fsp3) is 0.621. The van der Waals surface area contributed by atoms with Crippen molar-refractivity contribution in [3.63, 3.8) is 0 Å². The minimum absolute atomic E-state index is 0.0663. The molecule has 3 heterocycles. The summed E-state index contributed by atoms with van der Waals surface area (Å²) in [5, 5.41) is 27.6. The van der Waals surface area contributed by atoms with Gasteiger partial charge in [-0.2, -0.15) is 10.2 Å². The number of allylic oxidation sites excluding steroid dienone is 2. The summed E-state index contributed by atoms with van der Waals surface area (Å²) in [6.45, 7) is 6.28. The monoisotopic (exact) mass is 519 g/mol. The van der Waals surface area contributed by atoms with E-state index in [9.17, 15) is 10.1 Å². The third-order valence-electron chi connectivity index (χ3n) is 8.96. The van der Waals surface area contributed by atoms with Gasteiger partial charge in [-0.15, -0.1) is 0 Å². The van der Waals surface area contributed by atoms with Crippen LogP contribution >= 0.6 is 0 Å². The Morgan fingerprint density at radius 2 is 2.08 bits per heavy atom. The van der Waals surface area contributed by atoms with Crippen LogP contribution in [0.3, 0.4) is 0 Å². The number of aromatic nitrogens is 2. The maximum absolute atomic E-state index is 13.0. The molecule has 38 heavy (non-hydrogen) atoms. The molecule has 2 aliphatic carbocycles. The number of ether oxygens (including phenoxy) is 1. The predicted octanol–water partition coefficient (Wildman–Crippen LogP) is 3.51. The van der Waals surface area contributed by atoms with Crippen molar-refractivity contribution >= 4 is 17.3 Å². The van der Waals surface area contributed by atoms with Gasteiger partial charge in [-0.1, -0.05) is 13.0 Å². The highest BCUT2D eigenvalue weighted by Crippen LogP contribution is 2.48. The number of nitrogens with one attached hydrogen (secondary N) is 1. The van der Waals surface area contributed by atoms with E-state index in [1.165, 1.54) is 0 Å². The van der Waals surface area contributed by atoms with E-state index in [4.69, 9.17) is 20.2 Å². The lowest BCUT2D eigenvalue weighted by molar-refractivity contribution is -0.131. The Morgan fingerprint density at radius 1 is 1.26 bits per heavy atom. The van der Waals surface area contributed by atoms with Crippen molar-refractivity contribution in [2.45, 2.75) is 76.4 Å². The second-order valence-corrected chi connectivity index (χ2v) is 11.3. The second kappa shape index (κ2) is 10.9. The molecule has 0 bridgehead atoms. The molecule has 1 spiro atoms. The minimum atomic E-state index is -0.759. The van der Waals surface area contributed by atoms with Crippen LogP contribution in [0.5, 0.6) is 5.88 Å². The van der Waals surface area contributed by atoms with Gasteiger partial charge in [0.15, 0.2) is 11.6 Å². The third-order valence-corrected chi connectivity index (χ3v) is 8.96. The number of ketones is 1. The summed E-state index contributed by atoms with van der Waals surface area (Å²) in [7, 11) is 2.09. The number of nitrogens with zero attached hydrogens (tertiary/aromatic N) is 5. The molecule has 1 saturated carbocycles. The molecule has 0 radical (unpaired) electrons. The molecule has 1 aromatic rings. The van der Waals surface area contributed by atoms with Crippen LogP contribution in [0.4, 0.5) is 5.82 Å². The maximum atomic E-state index is 13.0. The summed E-state index contributed by atoms with van der Waals surface area (Å²) in [6, 6.07) is 4.34. The molecule has 3 N–H and O–H groups in total. The predicted molar refractivity (Wildman–Crippen MR) is 145 cm³/mol. The standard InChI is InChI=1S/C29H38N6O3/c1-3-22(21-9-7-14-34(21)2)38-25-16-24(35-15-11-19(17-30)18-35)32-28(33-25)26(31)20-8-6-13-29(27(20)37)12-5-4-10-23(29)36/h3,16,19,21-22,31,37H,1,4-15,18H2,2H3/p+1/t19?,21-,22-,29+/m0/s1. The molecule has 4 atom stereocenters. The van der Waals surface area contributed by atoms with Crippen LogP contribution in [0.15, 0.2) is 30.1 Å². The van der Waals surface area contributed by atoms with Crippen molar-refractivity contribution in [1.82, 2.24) is 14.9 Å². The normalized spacial score (nSPS) is 28.9. The summed E-state index contributed by atoms with van der Waals surface area (Å²) < 4.78 is 6.39. The first kappa shape index (κ1) is 26.4. The molecule has 4 aliphatic rings. The maximum Gasteiger partial charge on any atom is 0.248 e. The first-order valence-corrected chi connectivity index (χ1v) is 14.0. The van der Waals surface area contributed by atoms with E-state index in [-0.39, 0.29) is 41.1 Å². The number of Topliss-reactive ketones (excluding diaryl/α,β-unsaturated/α-hetero) is 1. The molecule has 9 heteroatoms. The lowest BCUT2D eigenvalue weighted by atomic mass is 9.64. The zero-order chi connectivity index (χ0) is 26.9. The highest BCUT2D eigenvalue weighted by atomic mass is 16.5. The summed E-state index contributed by atoms with van der Waals surface area (Å²) in [4.78, 5) is 26.8. The van der Waals surface area contributed by atoms with Gasteiger partial charge in [0.25, 0.3) is 0 Å². The van der Waals surface area contributed by atoms with E-state index in [1.807, 2.05) is 11.0 Å². The van der Waals surface area contributed by atoms with Gasteiger partial charge in [-0.05, 0) is 71.0 Å². The fourth-order valence-electron chi connectivity index (χ4n) is 6.71. The van der Waals surface area contributed by atoms with Gasteiger partial charge in [-0.25, -0.2) is 4.98 Å². The first-order valence-electron chi connectivity index (χ1n) is 14.0. The number of anilines is 1. The Labute approximate surface area is 224 Å². The summed E-state index contributed by atoms with van der Waals surface area (Å²) >= 11 is 0. The van der Waals surface area contributed by atoms with E-state index in [1.54, 1.807) is 6.07 Å². The van der Waals surface area contributed by atoms with Gasteiger partial charge in [0.1, 0.15) is 23.0 Å². The summed E-state index contributed by atoms with van der Waals surface area (Å²) in [5.74, 6) is 1.57. The van der Waals surface area contributed by atoms with Crippen LogP contribution in [-0.2, 0) is 4.79 Å². The van der Waals surface area contributed by atoms with Crippen LogP contribution in [-0.4, -0.2) is 70.3 Å². The molecule has 9 nitrogen and oxygen atoms in total. The molecule has 202 valence electrons. The van der Waals surface area contributed by atoms with Crippen molar-refractivity contribution in [3.05, 3.63) is 35.9 Å². The molecule has 3 fully saturated rings. The van der Waals surface area contributed by atoms with Gasteiger partial charge in [0.05, 0.1) is 23.6 Å². The number of rotatable bonds is 7. The van der Waals surface area contributed by atoms with Crippen molar-refractivity contribution in [3.8, 4) is 11.9 Å². The fourth-order valence-corrected chi connectivity index (χ4v) is 6.71. The van der Waals surface area contributed by atoms with Gasteiger partial charge in [-0.3, -0.25) is 15.1 Å². The average molecular weight is 520 g/mol. The number of hydrogen-bond acceptors (Lipinski definition) is 8. The molecule has 1 unspecified atom stereocenters. The van der Waals surface area contributed by atoms with Crippen molar-refractivity contribution in [1.29, 1.82) is 10.7 Å². The van der Waals surface area contributed by atoms with E-state index in [0.29, 0.717) is 56.0 Å². The number of hydrogen-bond donors (Lipinski definition) is 1. The highest BCUT2D eigenvalue weighted by Gasteiger charge is 2.50. The molecule has 2 saturated heterocycles. The van der Waals surface area contributed by atoms with E-state index in [2.05, 4.69) is 29.6 Å². The average Bonchev–Trinajstić information content (AvgIpc) is 3.59. The SMILES string of the molecule is C=C[C@H](Oc1cc(N2CCC(C#N)C2)nc(C(=N)C2=C([OH2+])[C@]3(CCCCC3=O)CCC2)n1)[C@@H]1CCCN1C. The van der Waals surface area contributed by atoms with Gasteiger partial charge in [0, 0.05) is 25.6 Å². The van der Waals surface area contributed by atoms with Crippen LogP contribution in [0.25, 0.3) is 0 Å². The van der Waals surface area contributed by atoms with Crippen LogP contribution in [0, 0.1) is 28.1 Å². The lowest BCUT2D eigenvalue weighted by Crippen LogP contribution is -2.40. The largest absolute Gasteiger partial charge is 0.595 e. The van der Waals surface area contributed by atoms with E-state index in [0.717, 1.165) is 45.1 Å². The number of nitriles is 1. The summed E-state index contributed by atoms with van der Waals surface area (Å²) in [6.07, 6.45) is 9.48. The lowest BCUT2D eigenvalue weighted by Gasteiger charge is -2.36. The van der Waals surface area contributed by atoms with Gasteiger partial charge >= 0.3 is 0 Å². The van der Waals surface area contributed by atoms with Crippen LogP contribution in [0.2, 0.25) is 0 Å². The number of likely N-dealkylation sites (N-methyl/N-ethyl adjacent to an activating group) is 1. The molecular weight excluding hydrogens is 480 g/mol. The molecule has 5 rings (SSSR count). The quantitative estimate of drug-likeness (QED) is 0.331. The number of likely N-dealkylation sites (tertiary alicyclic amines) is 1. The van der Waals surface area contributed by atoms with Gasteiger partial charge in [0.2, 0.25) is 11.6 Å². The first-order chi connectivity index (χ1) is 18.4. The Morgan fingerprint density at radius 3 is 2.76 bits per heavy atom. The number of carbonyl (C=O) groups excluding carboxylic acids is 1. The Hall–Kier alpha value is -3.25. The molecule has 2 aliphatic heterocycles. The van der Waals surface area contributed by atoms with Gasteiger partial charge < -0.3 is 14.7 Å². The molecule has 0 amide bonds. The van der Waals surface area contributed by atoms with E-state index >= 15 is 0 Å². The third kappa shape index (κ3) is 4.82. The van der Waals surface area contributed by atoms with Crippen molar-refractivity contribution < 1.29 is 14.6 Å². The van der Waals surface area contributed by atoms with Crippen LogP contribution in [0.1, 0.15) is 70.0 Å². The Balaban J connectivity index is 1.51.